The van der Waals surface area contributed by atoms with Gasteiger partial charge in [0, 0.05) is 16.8 Å². The maximum Gasteiger partial charge on any atom is 0.198 e. The molecular formula is C13H17N3O2. The van der Waals surface area contributed by atoms with E-state index in [-0.39, 0.29) is 0 Å². The molecule has 0 aliphatic heterocycles. The zero-order valence-electron chi connectivity index (χ0n) is 11.0. The van der Waals surface area contributed by atoms with Crippen LogP contribution >= 0.6 is 0 Å². The highest BCUT2D eigenvalue weighted by atomic mass is 16.5. The number of nitrogen functional groups attached to an aromatic ring is 1. The predicted octanol–water partition coefficient (Wildman–Crippen LogP) is 2.29. The molecule has 0 saturated heterocycles. The number of nitrogens with one attached hydrogen (secondary N) is 1. The van der Waals surface area contributed by atoms with Crippen molar-refractivity contribution in [3.05, 3.63) is 23.4 Å². The first-order valence-electron chi connectivity index (χ1n) is 5.62. The van der Waals surface area contributed by atoms with Crippen molar-refractivity contribution in [3.63, 3.8) is 0 Å². The van der Waals surface area contributed by atoms with E-state index in [1.807, 2.05) is 26.0 Å². The van der Waals surface area contributed by atoms with Gasteiger partial charge in [0.05, 0.1) is 19.9 Å². The fraction of sp³-hybridized carbons (Fsp3) is 0.308. The molecule has 0 saturated carbocycles. The number of methoxy groups -OCH3 is 2. The molecule has 3 N–H and O–H groups in total. The summed E-state index contributed by atoms with van der Waals surface area (Å²) in [4.78, 5) is 7.27. The molecule has 0 atom stereocenters. The molecule has 96 valence electrons. The van der Waals surface area contributed by atoms with Gasteiger partial charge in [0.25, 0.3) is 0 Å². The lowest BCUT2D eigenvalue weighted by molar-refractivity contribution is 0.390. The van der Waals surface area contributed by atoms with Crippen molar-refractivity contribution in [1.82, 2.24) is 9.97 Å². The Balaban J connectivity index is 2.65. The van der Waals surface area contributed by atoms with Crippen molar-refractivity contribution < 1.29 is 9.47 Å². The molecule has 1 heterocycles. The number of anilines is 1. The molecule has 0 bridgehead atoms. The molecule has 0 spiro atoms. The number of imidazole rings is 1. The van der Waals surface area contributed by atoms with Gasteiger partial charge in [-0.15, -0.1) is 0 Å². The summed E-state index contributed by atoms with van der Waals surface area (Å²) in [5.74, 6) is 1.94. The van der Waals surface area contributed by atoms with E-state index in [1.165, 1.54) is 0 Å². The summed E-state index contributed by atoms with van der Waals surface area (Å²) in [6.07, 6.45) is 0. The average Bonchev–Trinajstić information content (AvgIpc) is 2.68. The summed E-state index contributed by atoms with van der Waals surface area (Å²) < 4.78 is 10.7. The number of aromatic nitrogens is 2. The number of aryl methyl sites for hydroxylation is 1. The summed E-state index contributed by atoms with van der Waals surface area (Å²) in [6.45, 7) is 3.88. The van der Waals surface area contributed by atoms with E-state index in [0.29, 0.717) is 5.95 Å². The van der Waals surface area contributed by atoms with E-state index in [0.717, 1.165) is 34.0 Å². The standard InChI is InChI=1S/C13H17N3O2/c1-7-10(17-3)6-5-9(12(7)18-4)11-8(2)15-13(14)16-11/h5-6H,1-4H3,(H3,14,15,16). The third-order valence-corrected chi connectivity index (χ3v) is 2.94. The largest absolute Gasteiger partial charge is 0.496 e. The first-order valence-corrected chi connectivity index (χ1v) is 5.62. The number of hydrogen-bond acceptors (Lipinski definition) is 4. The van der Waals surface area contributed by atoms with Crippen LogP contribution in [-0.4, -0.2) is 24.2 Å². The Labute approximate surface area is 106 Å². The van der Waals surface area contributed by atoms with Gasteiger partial charge in [-0.05, 0) is 26.0 Å². The van der Waals surface area contributed by atoms with Crippen molar-refractivity contribution in [2.75, 3.05) is 20.0 Å². The third-order valence-electron chi connectivity index (χ3n) is 2.94. The van der Waals surface area contributed by atoms with Gasteiger partial charge in [-0.2, -0.15) is 0 Å². The van der Waals surface area contributed by atoms with Gasteiger partial charge >= 0.3 is 0 Å². The fourth-order valence-electron chi connectivity index (χ4n) is 2.09. The maximum absolute atomic E-state index is 5.67. The van der Waals surface area contributed by atoms with Crippen LogP contribution in [0, 0.1) is 13.8 Å². The Bertz CT molecular complexity index is 576. The van der Waals surface area contributed by atoms with Crippen molar-refractivity contribution in [3.8, 4) is 22.8 Å². The van der Waals surface area contributed by atoms with E-state index >= 15 is 0 Å². The topological polar surface area (TPSA) is 73.2 Å². The lowest BCUT2D eigenvalue weighted by Crippen LogP contribution is -1.96. The van der Waals surface area contributed by atoms with E-state index in [9.17, 15) is 0 Å². The molecular weight excluding hydrogens is 230 g/mol. The number of benzene rings is 1. The van der Waals surface area contributed by atoms with Crippen molar-refractivity contribution in [1.29, 1.82) is 0 Å². The lowest BCUT2D eigenvalue weighted by Gasteiger charge is -2.13. The highest BCUT2D eigenvalue weighted by molar-refractivity contribution is 5.73. The van der Waals surface area contributed by atoms with Crippen LogP contribution in [0.4, 0.5) is 5.95 Å². The number of hydrogen-bond donors (Lipinski definition) is 2. The monoisotopic (exact) mass is 247 g/mol. The average molecular weight is 247 g/mol. The summed E-state index contributed by atoms with van der Waals surface area (Å²) in [6, 6.07) is 3.82. The highest BCUT2D eigenvalue weighted by Crippen LogP contribution is 2.38. The van der Waals surface area contributed by atoms with Crippen LogP contribution in [0.1, 0.15) is 11.3 Å². The summed E-state index contributed by atoms with van der Waals surface area (Å²) in [5, 5.41) is 0. The number of nitrogens with two attached hydrogens (primary N) is 1. The van der Waals surface area contributed by atoms with Crippen LogP contribution in [0.3, 0.4) is 0 Å². The lowest BCUT2D eigenvalue weighted by atomic mass is 10.0. The Kier molecular flexibility index (Phi) is 3.14. The summed E-state index contributed by atoms with van der Waals surface area (Å²) >= 11 is 0. The smallest absolute Gasteiger partial charge is 0.198 e. The highest BCUT2D eigenvalue weighted by Gasteiger charge is 2.16. The van der Waals surface area contributed by atoms with E-state index < -0.39 is 0 Å². The van der Waals surface area contributed by atoms with Gasteiger partial charge in [0.1, 0.15) is 11.5 Å². The molecule has 5 heteroatoms. The second-order valence-corrected chi connectivity index (χ2v) is 4.07. The molecule has 2 rings (SSSR count). The predicted molar refractivity (Wildman–Crippen MR) is 71.0 cm³/mol. The van der Waals surface area contributed by atoms with Gasteiger partial charge in [0.2, 0.25) is 0 Å². The second kappa shape index (κ2) is 4.60. The minimum Gasteiger partial charge on any atom is -0.496 e. The van der Waals surface area contributed by atoms with Crippen LogP contribution in [-0.2, 0) is 0 Å². The number of H-pyrrole nitrogens is 1. The third kappa shape index (κ3) is 1.88. The molecule has 0 aliphatic rings. The normalized spacial score (nSPS) is 10.4. The molecule has 0 radical (unpaired) electrons. The molecule has 0 aliphatic carbocycles. The number of rotatable bonds is 3. The molecule has 18 heavy (non-hydrogen) atoms. The Morgan fingerprint density at radius 3 is 2.39 bits per heavy atom. The van der Waals surface area contributed by atoms with Gasteiger partial charge in [-0.25, -0.2) is 4.98 Å². The Morgan fingerprint density at radius 1 is 1.17 bits per heavy atom. The van der Waals surface area contributed by atoms with Crippen LogP contribution in [0.15, 0.2) is 12.1 Å². The van der Waals surface area contributed by atoms with Crippen molar-refractivity contribution >= 4 is 5.95 Å². The number of aromatic amines is 1. The molecule has 0 amide bonds. The quantitative estimate of drug-likeness (QED) is 0.872. The van der Waals surface area contributed by atoms with Gasteiger partial charge in [-0.3, -0.25) is 0 Å². The first kappa shape index (κ1) is 12.3. The molecule has 1 aromatic carbocycles. The minimum absolute atomic E-state index is 0.401. The molecule has 1 aromatic heterocycles. The summed E-state index contributed by atoms with van der Waals surface area (Å²) in [7, 11) is 3.27. The fourth-order valence-corrected chi connectivity index (χ4v) is 2.09. The molecule has 5 nitrogen and oxygen atoms in total. The SMILES string of the molecule is COc1ccc(-c2nc(N)[nH]c2C)c(OC)c1C. The number of ether oxygens (including phenoxy) is 2. The van der Waals surface area contributed by atoms with Gasteiger partial charge in [-0.1, -0.05) is 0 Å². The molecule has 2 aromatic rings. The van der Waals surface area contributed by atoms with E-state index in [2.05, 4.69) is 9.97 Å². The second-order valence-electron chi connectivity index (χ2n) is 4.07. The maximum atomic E-state index is 5.67. The van der Waals surface area contributed by atoms with E-state index in [1.54, 1.807) is 14.2 Å². The zero-order chi connectivity index (χ0) is 13.3. The van der Waals surface area contributed by atoms with Crippen LogP contribution < -0.4 is 15.2 Å². The first-order chi connectivity index (χ1) is 8.58. The number of nitrogens with zero attached hydrogens (tertiary/aromatic N) is 1. The summed E-state index contributed by atoms with van der Waals surface area (Å²) in [5.41, 5.74) is 9.23. The molecule has 0 unspecified atom stereocenters. The Hall–Kier alpha value is -2.17. The van der Waals surface area contributed by atoms with Crippen LogP contribution in [0.25, 0.3) is 11.3 Å². The minimum atomic E-state index is 0.401. The Morgan fingerprint density at radius 2 is 1.89 bits per heavy atom. The van der Waals surface area contributed by atoms with Gasteiger partial charge < -0.3 is 20.2 Å². The molecule has 0 fully saturated rings. The van der Waals surface area contributed by atoms with Crippen molar-refractivity contribution in [2.45, 2.75) is 13.8 Å². The van der Waals surface area contributed by atoms with E-state index in [4.69, 9.17) is 15.2 Å². The van der Waals surface area contributed by atoms with Crippen LogP contribution in [0.5, 0.6) is 11.5 Å². The van der Waals surface area contributed by atoms with Gasteiger partial charge in [0.15, 0.2) is 5.95 Å². The van der Waals surface area contributed by atoms with Crippen molar-refractivity contribution in [2.24, 2.45) is 0 Å². The zero-order valence-corrected chi connectivity index (χ0v) is 11.0. The van der Waals surface area contributed by atoms with Crippen LogP contribution in [0.2, 0.25) is 0 Å².